The van der Waals surface area contributed by atoms with E-state index in [2.05, 4.69) is 21.9 Å². The summed E-state index contributed by atoms with van der Waals surface area (Å²) < 4.78 is 0. The third-order valence-electron chi connectivity index (χ3n) is 4.05. The second-order valence-corrected chi connectivity index (χ2v) is 5.45. The van der Waals surface area contributed by atoms with Crippen molar-refractivity contribution in [3.63, 3.8) is 0 Å². The van der Waals surface area contributed by atoms with Crippen molar-refractivity contribution < 1.29 is 0 Å². The maximum absolute atomic E-state index is 6.10. The maximum Gasteiger partial charge on any atom is 0.0600 e. The van der Waals surface area contributed by atoms with E-state index >= 15 is 0 Å². The van der Waals surface area contributed by atoms with E-state index in [4.69, 9.17) is 11.5 Å². The molecule has 0 saturated carbocycles. The second-order valence-electron chi connectivity index (χ2n) is 5.45. The summed E-state index contributed by atoms with van der Waals surface area (Å²) in [5, 5.41) is 0. The Bertz CT molecular complexity index is 558. The zero-order valence-electron chi connectivity index (χ0n) is 12.2. The summed E-state index contributed by atoms with van der Waals surface area (Å²) in [7, 11) is 0. The Morgan fingerprint density at radius 3 is 1.48 bits per heavy atom. The van der Waals surface area contributed by atoms with Gasteiger partial charge < -0.3 is 21.3 Å². The van der Waals surface area contributed by atoms with E-state index < -0.39 is 0 Å². The topological polar surface area (TPSA) is 58.5 Å². The van der Waals surface area contributed by atoms with Gasteiger partial charge in [-0.15, -0.1) is 0 Å². The highest BCUT2D eigenvalue weighted by atomic mass is 15.2. The molecule has 1 aliphatic heterocycles. The van der Waals surface area contributed by atoms with Crippen molar-refractivity contribution in [2.24, 2.45) is 0 Å². The van der Waals surface area contributed by atoms with Gasteiger partial charge in [0, 0.05) is 26.2 Å². The minimum absolute atomic E-state index is 0.852. The monoisotopic (exact) mass is 282 g/mol. The van der Waals surface area contributed by atoms with Crippen LogP contribution >= 0.6 is 0 Å². The van der Waals surface area contributed by atoms with Crippen LogP contribution < -0.4 is 21.3 Å². The lowest BCUT2D eigenvalue weighted by atomic mass is 10.2. The molecule has 4 heteroatoms. The molecule has 1 aliphatic rings. The number of nitrogens with two attached hydrogens (primary N) is 2. The van der Waals surface area contributed by atoms with Crippen LogP contribution in [-0.2, 0) is 0 Å². The lowest BCUT2D eigenvalue weighted by Crippen LogP contribution is -2.31. The average molecular weight is 282 g/mol. The van der Waals surface area contributed by atoms with Crippen LogP contribution in [0.3, 0.4) is 0 Å². The van der Waals surface area contributed by atoms with Gasteiger partial charge in [0.05, 0.1) is 22.7 Å². The molecule has 0 unspecified atom stereocenters. The zero-order valence-corrected chi connectivity index (χ0v) is 12.2. The summed E-state index contributed by atoms with van der Waals surface area (Å²) in [5.41, 5.74) is 16.2. The van der Waals surface area contributed by atoms with Crippen LogP contribution in [0.1, 0.15) is 6.42 Å². The van der Waals surface area contributed by atoms with Crippen LogP contribution in [0.25, 0.3) is 0 Å². The van der Waals surface area contributed by atoms with Gasteiger partial charge in [-0.25, -0.2) is 0 Å². The molecule has 2 aromatic rings. The molecule has 1 heterocycles. The molecule has 0 aliphatic carbocycles. The first-order valence-electron chi connectivity index (χ1n) is 7.44. The number of hydrogen-bond acceptors (Lipinski definition) is 4. The van der Waals surface area contributed by atoms with Gasteiger partial charge in [-0.05, 0) is 30.7 Å². The van der Waals surface area contributed by atoms with Crippen LogP contribution in [0.15, 0.2) is 48.5 Å². The molecular formula is C17H22N4. The zero-order chi connectivity index (χ0) is 14.7. The Labute approximate surface area is 126 Å². The van der Waals surface area contributed by atoms with E-state index in [0.29, 0.717) is 0 Å². The van der Waals surface area contributed by atoms with Crippen LogP contribution in [0.5, 0.6) is 0 Å². The predicted molar refractivity (Wildman–Crippen MR) is 90.8 cm³/mol. The number of nitrogen functional groups attached to an aromatic ring is 2. The van der Waals surface area contributed by atoms with Gasteiger partial charge >= 0.3 is 0 Å². The molecule has 21 heavy (non-hydrogen) atoms. The summed E-state index contributed by atoms with van der Waals surface area (Å²) in [6.07, 6.45) is 1.10. The van der Waals surface area contributed by atoms with Crippen LogP contribution in [0.2, 0.25) is 0 Å². The van der Waals surface area contributed by atoms with E-state index in [0.717, 1.165) is 55.3 Å². The molecule has 0 spiro atoms. The summed E-state index contributed by atoms with van der Waals surface area (Å²) in [6, 6.07) is 16.2. The highest BCUT2D eigenvalue weighted by molar-refractivity contribution is 5.69. The van der Waals surface area contributed by atoms with E-state index in [1.807, 2.05) is 36.4 Å². The van der Waals surface area contributed by atoms with Gasteiger partial charge in [0.1, 0.15) is 0 Å². The SMILES string of the molecule is Nc1ccccc1N1CCCN(c2ccccc2N)CC1. The molecular weight excluding hydrogens is 260 g/mol. The fourth-order valence-electron chi connectivity index (χ4n) is 2.95. The molecule has 4 N–H and O–H groups in total. The highest BCUT2D eigenvalue weighted by Gasteiger charge is 2.17. The lowest BCUT2D eigenvalue weighted by Gasteiger charge is -2.26. The summed E-state index contributed by atoms with van der Waals surface area (Å²) in [6.45, 7) is 3.97. The lowest BCUT2D eigenvalue weighted by molar-refractivity contribution is 0.807. The maximum atomic E-state index is 6.10. The van der Waals surface area contributed by atoms with Crippen molar-refractivity contribution in [1.82, 2.24) is 0 Å². The minimum Gasteiger partial charge on any atom is -0.397 e. The molecule has 3 rings (SSSR count). The fourth-order valence-corrected chi connectivity index (χ4v) is 2.95. The normalized spacial score (nSPS) is 15.8. The average Bonchev–Trinajstić information content (AvgIpc) is 2.74. The van der Waals surface area contributed by atoms with Crippen molar-refractivity contribution in [2.45, 2.75) is 6.42 Å². The van der Waals surface area contributed by atoms with Gasteiger partial charge in [0.2, 0.25) is 0 Å². The fraction of sp³-hybridized carbons (Fsp3) is 0.294. The molecule has 0 atom stereocenters. The predicted octanol–water partition coefficient (Wildman–Crippen LogP) is 2.57. The van der Waals surface area contributed by atoms with Gasteiger partial charge in [-0.3, -0.25) is 0 Å². The van der Waals surface area contributed by atoms with E-state index in [1.54, 1.807) is 0 Å². The summed E-state index contributed by atoms with van der Waals surface area (Å²) >= 11 is 0. The number of anilines is 4. The van der Waals surface area contributed by atoms with Gasteiger partial charge in [0.25, 0.3) is 0 Å². The number of nitrogens with zero attached hydrogens (tertiary/aromatic N) is 2. The third kappa shape index (κ3) is 2.89. The van der Waals surface area contributed by atoms with E-state index in [-0.39, 0.29) is 0 Å². The Morgan fingerprint density at radius 1 is 0.619 bits per heavy atom. The van der Waals surface area contributed by atoms with Gasteiger partial charge in [0.15, 0.2) is 0 Å². The first-order chi connectivity index (χ1) is 10.3. The quantitative estimate of drug-likeness (QED) is 0.831. The van der Waals surface area contributed by atoms with Crippen molar-refractivity contribution in [3.05, 3.63) is 48.5 Å². The summed E-state index contributed by atoms with van der Waals surface area (Å²) in [4.78, 5) is 4.74. The number of hydrogen-bond donors (Lipinski definition) is 2. The van der Waals surface area contributed by atoms with Crippen molar-refractivity contribution in [3.8, 4) is 0 Å². The first kappa shape index (κ1) is 13.6. The Balaban J connectivity index is 1.76. The number of benzene rings is 2. The summed E-state index contributed by atoms with van der Waals surface area (Å²) in [5.74, 6) is 0. The van der Waals surface area contributed by atoms with Crippen molar-refractivity contribution in [1.29, 1.82) is 0 Å². The smallest absolute Gasteiger partial charge is 0.0600 e. The van der Waals surface area contributed by atoms with E-state index in [9.17, 15) is 0 Å². The Kier molecular flexibility index (Phi) is 3.86. The van der Waals surface area contributed by atoms with Crippen LogP contribution in [0, 0.1) is 0 Å². The standard InChI is InChI=1S/C17H22N4/c18-14-6-1-3-8-16(14)20-10-5-11-21(13-12-20)17-9-4-2-7-15(17)19/h1-4,6-9H,5,10-13,18-19H2. The Hall–Kier alpha value is -2.36. The van der Waals surface area contributed by atoms with E-state index in [1.165, 1.54) is 0 Å². The van der Waals surface area contributed by atoms with Gasteiger partial charge in [-0.1, -0.05) is 24.3 Å². The first-order valence-corrected chi connectivity index (χ1v) is 7.44. The molecule has 0 amide bonds. The molecule has 0 aromatic heterocycles. The highest BCUT2D eigenvalue weighted by Crippen LogP contribution is 2.27. The van der Waals surface area contributed by atoms with Gasteiger partial charge in [-0.2, -0.15) is 0 Å². The number of para-hydroxylation sites is 4. The minimum atomic E-state index is 0.852. The number of rotatable bonds is 2. The van der Waals surface area contributed by atoms with Crippen molar-refractivity contribution >= 4 is 22.7 Å². The van der Waals surface area contributed by atoms with Crippen LogP contribution in [-0.4, -0.2) is 26.2 Å². The third-order valence-corrected chi connectivity index (χ3v) is 4.05. The molecule has 0 bridgehead atoms. The van der Waals surface area contributed by atoms with Crippen molar-refractivity contribution in [2.75, 3.05) is 47.4 Å². The second kappa shape index (κ2) is 5.95. The molecule has 0 radical (unpaired) electrons. The molecule has 1 fully saturated rings. The Morgan fingerprint density at radius 2 is 1.05 bits per heavy atom. The molecule has 2 aromatic carbocycles. The largest absolute Gasteiger partial charge is 0.397 e. The van der Waals surface area contributed by atoms with Crippen LogP contribution in [0.4, 0.5) is 22.7 Å². The molecule has 110 valence electrons. The molecule has 4 nitrogen and oxygen atoms in total. The molecule has 1 saturated heterocycles.